The highest BCUT2D eigenvalue weighted by Gasteiger charge is 2.36. The van der Waals surface area contributed by atoms with E-state index in [2.05, 4.69) is 15.5 Å². The van der Waals surface area contributed by atoms with Gasteiger partial charge < -0.3 is 5.32 Å². The molecule has 126 valence electrons. The van der Waals surface area contributed by atoms with E-state index in [4.69, 9.17) is 23.2 Å². The summed E-state index contributed by atoms with van der Waals surface area (Å²) >= 11 is 13.2. The fraction of sp³-hybridized carbons (Fsp3) is 0.333. The molecule has 6 nitrogen and oxygen atoms in total. The van der Waals surface area contributed by atoms with Gasteiger partial charge in [-0.25, -0.2) is 0 Å². The Bertz CT molecular complexity index is 796. The molecule has 2 aromatic rings. The van der Waals surface area contributed by atoms with Crippen LogP contribution in [0.25, 0.3) is 0 Å². The first-order valence-corrected chi connectivity index (χ1v) is 8.83. The first-order valence-electron chi connectivity index (χ1n) is 7.26. The van der Waals surface area contributed by atoms with Crippen LogP contribution in [0, 0.1) is 12.8 Å². The topological polar surface area (TPSA) is 75.2 Å². The molecule has 1 unspecified atom stereocenters. The summed E-state index contributed by atoms with van der Waals surface area (Å²) in [7, 11) is 0. The number of aromatic nitrogens is 2. The Morgan fingerprint density at radius 2 is 2.17 bits per heavy atom. The van der Waals surface area contributed by atoms with Gasteiger partial charge in [-0.3, -0.25) is 14.5 Å². The molecule has 0 radical (unpaired) electrons. The second-order valence-corrected chi connectivity index (χ2v) is 7.45. The smallest absolute Gasteiger partial charge is 0.229 e. The maximum absolute atomic E-state index is 12.3. The summed E-state index contributed by atoms with van der Waals surface area (Å²) in [4.78, 5) is 25.9. The molecule has 1 aromatic heterocycles. The van der Waals surface area contributed by atoms with Crippen LogP contribution >= 0.6 is 34.5 Å². The van der Waals surface area contributed by atoms with Crippen molar-refractivity contribution < 1.29 is 9.59 Å². The first kappa shape index (κ1) is 17.1. The van der Waals surface area contributed by atoms with Crippen molar-refractivity contribution in [3.8, 4) is 0 Å². The van der Waals surface area contributed by atoms with Crippen molar-refractivity contribution >= 4 is 51.5 Å². The molecule has 0 spiro atoms. The van der Waals surface area contributed by atoms with Gasteiger partial charge in [0.25, 0.3) is 0 Å². The predicted octanol–water partition coefficient (Wildman–Crippen LogP) is 2.82. The number of hydrogen-bond donors (Lipinski definition) is 1. The molecular weight excluding hydrogens is 371 g/mol. The quantitative estimate of drug-likeness (QED) is 0.878. The Morgan fingerprint density at radius 1 is 1.38 bits per heavy atom. The van der Waals surface area contributed by atoms with E-state index in [-0.39, 0.29) is 18.2 Å². The van der Waals surface area contributed by atoms with Gasteiger partial charge in [0.1, 0.15) is 5.01 Å². The second kappa shape index (κ2) is 7.04. The number of hydrogen-bond acceptors (Lipinski definition) is 5. The molecule has 1 aliphatic rings. The fourth-order valence-corrected chi connectivity index (χ4v) is 3.48. The predicted molar refractivity (Wildman–Crippen MR) is 93.4 cm³/mol. The third-order valence-electron chi connectivity index (χ3n) is 3.69. The molecule has 1 fully saturated rings. The van der Waals surface area contributed by atoms with Crippen molar-refractivity contribution in [1.29, 1.82) is 0 Å². The molecular formula is C15H14Cl2N4O2S. The molecule has 24 heavy (non-hydrogen) atoms. The summed E-state index contributed by atoms with van der Waals surface area (Å²) in [6.45, 7) is 2.47. The fourth-order valence-electron chi connectivity index (χ4n) is 2.45. The SMILES string of the molecule is Cc1nnc(N2CC(C(=O)NCc3ccc(Cl)c(Cl)c3)CC2=O)s1. The van der Waals surface area contributed by atoms with Crippen molar-refractivity contribution in [1.82, 2.24) is 15.5 Å². The van der Waals surface area contributed by atoms with Crippen molar-refractivity contribution in [3.63, 3.8) is 0 Å². The zero-order valence-corrected chi connectivity index (χ0v) is 15.1. The molecule has 1 N–H and O–H groups in total. The lowest BCUT2D eigenvalue weighted by Gasteiger charge is -2.13. The monoisotopic (exact) mass is 384 g/mol. The van der Waals surface area contributed by atoms with E-state index in [0.717, 1.165) is 10.6 Å². The number of amides is 2. The van der Waals surface area contributed by atoms with Crippen LogP contribution in [0.5, 0.6) is 0 Å². The van der Waals surface area contributed by atoms with Crippen molar-refractivity contribution in [3.05, 3.63) is 38.8 Å². The van der Waals surface area contributed by atoms with E-state index in [1.807, 2.05) is 6.92 Å². The molecule has 2 heterocycles. The Balaban J connectivity index is 1.59. The number of anilines is 1. The van der Waals surface area contributed by atoms with Crippen molar-refractivity contribution in [2.24, 2.45) is 5.92 Å². The maximum atomic E-state index is 12.3. The van der Waals surface area contributed by atoms with Crippen LogP contribution in [0.1, 0.15) is 17.0 Å². The van der Waals surface area contributed by atoms with E-state index in [9.17, 15) is 9.59 Å². The summed E-state index contributed by atoms with van der Waals surface area (Å²) in [5.41, 5.74) is 0.846. The number of aryl methyl sites for hydroxylation is 1. The molecule has 0 aliphatic carbocycles. The van der Waals surface area contributed by atoms with Gasteiger partial charge in [0, 0.05) is 19.5 Å². The summed E-state index contributed by atoms with van der Waals surface area (Å²) < 4.78 is 0. The lowest BCUT2D eigenvalue weighted by molar-refractivity contribution is -0.126. The Kier molecular flexibility index (Phi) is 5.03. The van der Waals surface area contributed by atoms with Gasteiger partial charge in [0.2, 0.25) is 16.9 Å². The van der Waals surface area contributed by atoms with Crippen LogP contribution in [0.15, 0.2) is 18.2 Å². The van der Waals surface area contributed by atoms with Gasteiger partial charge >= 0.3 is 0 Å². The van der Waals surface area contributed by atoms with E-state index >= 15 is 0 Å². The van der Waals surface area contributed by atoms with Gasteiger partial charge in [0.05, 0.1) is 16.0 Å². The molecule has 3 rings (SSSR count). The minimum atomic E-state index is -0.399. The second-order valence-electron chi connectivity index (χ2n) is 5.48. The molecule has 9 heteroatoms. The average molecular weight is 385 g/mol. The molecule has 2 amide bonds. The van der Waals surface area contributed by atoms with Crippen molar-refractivity contribution in [2.45, 2.75) is 19.9 Å². The van der Waals surface area contributed by atoms with Gasteiger partial charge in [-0.1, -0.05) is 40.6 Å². The average Bonchev–Trinajstić information content (AvgIpc) is 3.14. The van der Waals surface area contributed by atoms with Crippen LogP contribution in [0.2, 0.25) is 10.0 Å². The number of rotatable bonds is 4. The minimum Gasteiger partial charge on any atom is -0.352 e. The first-order chi connectivity index (χ1) is 11.4. The number of nitrogens with zero attached hydrogens (tertiary/aromatic N) is 3. The van der Waals surface area contributed by atoms with E-state index in [0.29, 0.717) is 28.3 Å². The minimum absolute atomic E-state index is 0.110. The molecule has 1 saturated heterocycles. The van der Waals surface area contributed by atoms with Gasteiger partial charge in [-0.15, -0.1) is 10.2 Å². The summed E-state index contributed by atoms with van der Waals surface area (Å²) in [5.74, 6) is -0.677. The van der Waals surface area contributed by atoms with Gasteiger partial charge in [-0.2, -0.15) is 0 Å². The molecule has 1 aliphatic heterocycles. The van der Waals surface area contributed by atoms with E-state index < -0.39 is 5.92 Å². The van der Waals surface area contributed by atoms with E-state index in [1.54, 1.807) is 18.2 Å². The lowest BCUT2D eigenvalue weighted by atomic mass is 10.1. The van der Waals surface area contributed by atoms with E-state index in [1.165, 1.54) is 16.2 Å². The zero-order chi connectivity index (χ0) is 17.3. The summed E-state index contributed by atoms with van der Waals surface area (Å²) in [6.07, 6.45) is 0.172. The van der Waals surface area contributed by atoms with Crippen LogP contribution in [-0.4, -0.2) is 28.6 Å². The number of carbonyl (C=O) groups is 2. The summed E-state index contributed by atoms with van der Waals surface area (Å²) in [5, 5.41) is 12.9. The lowest BCUT2D eigenvalue weighted by Crippen LogP contribution is -2.32. The Hall–Kier alpha value is -1.70. The van der Waals surface area contributed by atoms with Crippen LogP contribution in [-0.2, 0) is 16.1 Å². The van der Waals surface area contributed by atoms with Crippen molar-refractivity contribution in [2.75, 3.05) is 11.4 Å². The molecule has 0 saturated carbocycles. The standard InChI is InChI=1S/C15H14Cl2N4O2S/c1-8-19-20-15(24-8)21-7-10(5-13(21)22)14(23)18-6-9-2-3-11(16)12(17)4-9/h2-4,10H,5-7H2,1H3,(H,18,23). The number of halogens is 2. The Labute approximate surface area is 152 Å². The zero-order valence-electron chi connectivity index (χ0n) is 12.8. The van der Waals surface area contributed by atoms with Gasteiger partial charge in [0.15, 0.2) is 0 Å². The van der Waals surface area contributed by atoms with Gasteiger partial charge in [-0.05, 0) is 24.6 Å². The number of nitrogens with one attached hydrogen (secondary N) is 1. The Morgan fingerprint density at radius 3 is 2.83 bits per heavy atom. The molecule has 0 bridgehead atoms. The van der Waals surface area contributed by atoms with Crippen LogP contribution < -0.4 is 10.2 Å². The third kappa shape index (κ3) is 3.68. The maximum Gasteiger partial charge on any atom is 0.229 e. The largest absolute Gasteiger partial charge is 0.352 e. The normalized spacial score (nSPS) is 17.4. The highest BCUT2D eigenvalue weighted by molar-refractivity contribution is 7.15. The summed E-state index contributed by atoms with van der Waals surface area (Å²) in [6, 6.07) is 5.19. The number of carbonyl (C=O) groups excluding carboxylic acids is 2. The highest BCUT2D eigenvalue weighted by atomic mass is 35.5. The molecule has 1 atom stereocenters. The van der Waals surface area contributed by atoms with Crippen LogP contribution in [0.4, 0.5) is 5.13 Å². The molecule has 1 aromatic carbocycles. The highest BCUT2D eigenvalue weighted by Crippen LogP contribution is 2.28. The van der Waals surface area contributed by atoms with Crippen LogP contribution in [0.3, 0.4) is 0 Å². The number of benzene rings is 1. The third-order valence-corrected chi connectivity index (χ3v) is 5.29.